The monoisotopic (exact) mass is 457 g/mol. The molecule has 1 aliphatic rings. The Labute approximate surface area is 196 Å². The third kappa shape index (κ3) is 3.94. The summed E-state index contributed by atoms with van der Waals surface area (Å²) >= 11 is 1.36. The molecule has 1 fully saturated rings. The molecule has 166 valence electrons. The Morgan fingerprint density at radius 2 is 1.67 bits per heavy atom. The third-order valence-corrected chi connectivity index (χ3v) is 7.29. The lowest BCUT2D eigenvalue weighted by Gasteiger charge is -2.35. The van der Waals surface area contributed by atoms with Crippen LogP contribution in [0.5, 0.6) is 0 Å². The van der Waals surface area contributed by atoms with Gasteiger partial charge in [0.25, 0.3) is 5.91 Å². The summed E-state index contributed by atoms with van der Waals surface area (Å²) in [4.78, 5) is 33.9. The van der Waals surface area contributed by atoms with Crippen molar-refractivity contribution in [3.8, 4) is 11.1 Å². The van der Waals surface area contributed by atoms with Crippen molar-refractivity contribution in [2.45, 2.75) is 24.0 Å². The zero-order valence-corrected chi connectivity index (χ0v) is 18.9. The topological polar surface area (TPSA) is 88.8 Å². The minimum atomic E-state index is -0.559. The number of carbonyl (C=O) groups excluding carboxylic acids is 2. The van der Waals surface area contributed by atoms with Gasteiger partial charge in [0.2, 0.25) is 0 Å². The van der Waals surface area contributed by atoms with E-state index in [0.717, 1.165) is 34.3 Å². The van der Waals surface area contributed by atoms with Gasteiger partial charge in [-0.15, -0.1) is 0 Å². The average molecular weight is 458 g/mol. The van der Waals surface area contributed by atoms with E-state index < -0.39 is 11.9 Å². The highest BCUT2D eigenvalue weighted by atomic mass is 32.2. The predicted octanol–water partition coefficient (Wildman–Crippen LogP) is 4.50. The number of amides is 2. The predicted molar refractivity (Wildman–Crippen MR) is 133 cm³/mol. The molecular weight excluding hydrogens is 432 g/mol. The number of primary amides is 1. The normalized spacial score (nSPS) is 20.2. The molecule has 3 N–H and O–H groups in total. The largest absolute Gasteiger partial charge is 0.364 e. The molecule has 1 aromatic heterocycles. The Balaban J connectivity index is 1.45. The number of quaternary nitrogens is 1. The number of hydrogen-bond acceptors (Lipinski definition) is 4. The molecule has 2 heterocycles. The Morgan fingerprint density at radius 1 is 0.970 bits per heavy atom. The summed E-state index contributed by atoms with van der Waals surface area (Å²) in [7, 11) is 0. The number of benzene rings is 3. The van der Waals surface area contributed by atoms with Crippen molar-refractivity contribution < 1.29 is 9.59 Å². The van der Waals surface area contributed by atoms with Crippen LogP contribution in [0, 0.1) is 0 Å². The fourth-order valence-electron chi connectivity index (χ4n) is 4.81. The number of H-pyrrole nitrogens is 1. The summed E-state index contributed by atoms with van der Waals surface area (Å²) < 4.78 is -0.0301. The fourth-order valence-corrected chi connectivity index (χ4v) is 5.65. The van der Waals surface area contributed by atoms with Crippen LogP contribution in [0.1, 0.15) is 12.8 Å². The molecule has 0 radical (unpaired) electrons. The Morgan fingerprint density at radius 3 is 2.39 bits per heavy atom. The minimum Gasteiger partial charge on any atom is -0.364 e. The molecule has 0 saturated carbocycles. The molecule has 1 aliphatic heterocycles. The first-order valence-electron chi connectivity index (χ1n) is 11.0. The van der Waals surface area contributed by atoms with Crippen molar-refractivity contribution in [1.82, 2.24) is 14.5 Å². The number of nitrogens with zero attached hydrogens (tertiary/aromatic N) is 2. The summed E-state index contributed by atoms with van der Waals surface area (Å²) in [5.74, 6) is -0.264. The first-order chi connectivity index (χ1) is 16.1. The Hall–Kier alpha value is -3.42. The summed E-state index contributed by atoms with van der Waals surface area (Å²) in [5.41, 5.74) is 10.6. The third-order valence-electron chi connectivity index (χ3n) is 6.43. The smallest absolute Gasteiger partial charge is 0.329 e. The number of aromatic nitrogens is 2. The van der Waals surface area contributed by atoms with E-state index in [9.17, 15) is 9.59 Å². The van der Waals surface area contributed by atoms with Crippen LogP contribution in [0.2, 0.25) is 0 Å². The lowest BCUT2D eigenvalue weighted by molar-refractivity contribution is -0.134. The van der Waals surface area contributed by atoms with E-state index >= 15 is 0 Å². The number of rotatable bonds is 6. The molecule has 3 aromatic carbocycles. The van der Waals surface area contributed by atoms with Crippen molar-refractivity contribution in [2.24, 2.45) is 5.73 Å². The van der Waals surface area contributed by atoms with Crippen molar-refractivity contribution in [3.63, 3.8) is 0 Å². The number of imidazole rings is 1. The van der Waals surface area contributed by atoms with Crippen molar-refractivity contribution >= 4 is 40.3 Å². The van der Waals surface area contributed by atoms with Gasteiger partial charge in [-0.25, -0.2) is 14.3 Å². The number of likely N-dealkylation sites (tertiary alicyclic amines) is 1. The van der Waals surface area contributed by atoms with Gasteiger partial charge in [-0.05, 0) is 35.4 Å². The molecule has 7 heteroatoms. The van der Waals surface area contributed by atoms with E-state index in [1.54, 1.807) is 0 Å². The lowest BCUT2D eigenvalue weighted by Crippen LogP contribution is -2.62. The zero-order chi connectivity index (χ0) is 22.8. The SMILES string of the molecule is NC(=O)[C@@H]1CCC[N+]1(C(=O)CSc1nc2ccccc2[nH]1)c1ccc(-c2ccccc2)cc1. The van der Waals surface area contributed by atoms with E-state index in [-0.39, 0.29) is 16.1 Å². The highest BCUT2D eigenvalue weighted by Gasteiger charge is 2.52. The van der Waals surface area contributed by atoms with Crippen LogP contribution < -0.4 is 10.2 Å². The standard InChI is InChI=1S/C26H24N4O2S/c27-25(32)23-11-6-16-30(23,20-14-12-19(13-15-20)18-7-2-1-3-8-18)24(31)17-33-26-28-21-9-4-5-10-22(21)29-26/h1-5,7-10,12-15,23H,6,11,16-17H2,(H2-,27,28,29,32)/p+1/t23-,30?/m0/s1. The molecule has 2 amide bonds. The van der Waals surface area contributed by atoms with Crippen LogP contribution in [0.4, 0.5) is 5.69 Å². The summed E-state index contributed by atoms with van der Waals surface area (Å²) in [6.45, 7) is 0.567. The van der Waals surface area contributed by atoms with Crippen LogP contribution in [0.15, 0.2) is 84.0 Å². The van der Waals surface area contributed by atoms with Gasteiger partial charge in [-0.1, -0.05) is 54.2 Å². The van der Waals surface area contributed by atoms with Gasteiger partial charge >= 0.3 is 5.91 Å². The first kappa shape index (κ1) is 21.4. The summed E-state index contributed by atoms with van der Waals surface area (Å²) in [6, 6.07) is 25.3. The van der Waals surface area contributed by atoms with Crippen LogP contribution in [0.3, 0.4) is 0 Å². The molecule has 1 unspecified atom stereocenters. The van der Waals surface area contributed by atoms with Gasteiger partial charge in [0.1, 0.15) is 11.4 Å². The first-order valence-corrected chi connectivity index (χ1v) is 12.0. The number of aromatic amines is 1. The van der Waals surface area contributed by atoms with Crippen molar-refractivity contribution in [1.29, 1.82) is 0 Å². The van der Waals surface area contributed by atoms with Gasteiger partial charge in [-0.3, -0.25) is 4.79 Å². The second-order valence-electron chi connectivity index (χ2n) is 8.31. The molecule has 2 atom stereocenters. The zero-order valence-electron chi connectivity index (χ0n) is 18.1. The van der Waals surface area contributed by atoms with Crippen LogP contribution in [0.25, 0.3) is 22.2 Å². The molecule has 5 rings (SSSR count). The maximum absolute atomic E-state index is 13.7. The van der Waals surface area contributed by atoms with E-state index in [1.807, 2.05) is 66.7 Å². The Kier molecular flexibility index (Phi) is 5.74. The van der Waals surface area contributed by atoms with Gasteiger partial charge in [0.15, 0.2) is 11.2 Å². The van der Waals surface area contributed by atoms with E-state index in [4.69, 9.17) is 5.73 Å². The van der Waals surface area contributed by atoms with E-state index in [1.165, 1.54) is 11.8 Å². The molecule has 33 heavy (non-hydrogen) atoms. The molecule has 1 saturated heterocycles. The van der Waals surface area contributed by atoms with E-state index in [2.05, 4.69) is 22.1 Å². The quantitative estimate of drug-likeness (QED) is 0.329. The van der Waals surface area contributed by atoms with Gasteiger partial charge < -0.3 is 10.7 Å². The van der Waals surface area contributed by atoms with Gasteiger partial charge in [0.05, 0.1) is 17.6 Å². The summed E-state index contributed by atoms with van der Waals surface area (Å²) in [6.07, 6.45) is 1.38. The average Bonchev–Trinajstić information content (AvgIpc) is 3.48. The maximum Gasteiger partial charge on any atom is 0.329 e. The molecular formula is C26H25N4O2S+. The lowest BCUT2D eigenvalue weighted by atomic mass is 10.0. The van der Waals surface area contributed by atoms with Crippen LogP contribution in [-0.4, -0.2) is 40.1 Å². The van der Waals surface area contributed by atoms with Crippen molar-refractivity contribution in [3.05, 3.63) is 78.9 Å². The molecule has 0 spiro atoms. The van der Waals surface area contributed by atoms with Gasteiger partial charge in [0, 0.05) is 25.0 Å². The highest BCUT2D eigenvalue weighted by Crippen LogP contribution is 2.37. The van der Waals surface area contributed by atoms with Crippen LogP contribution in [-0.2, 0) is 9.59 Å². The molecule has 0 bridgehead atoms. The fraction of sp³-hybridized carbons (Fsp3) is 0.192. The molecule has 0 aliphatic carbocycles. The number of para-hydroxylation sites is 2. The highest BCUT2D eigenvalue weighted by molar-refractivity contribution is 7.99. The maximum atomic E-state index is 13.7. The van der Waals surface area contributed by atoms with Gasteiger partial charge in [-0.2, -0.15) is 0 Å². The number of nitrogens with two attached hydrogens (primary N) is 1. The van der Waals surface area contributed by atoms with E-state index in [0.29, 0.717) is 18.1 Å². The second kappa shape index (κ2) is 8.84. The second-order valence-corrected chi connectivity index (χ2v) is 9.27. The number of thioether (sulfide) groups is 1. The number of carbonyl (C=O) groups is 2. The number of nitrogens with one attached hydrogen (secondary N) is 1. The molecule has 4 aromatic rings. The number of hydrogen-bond donors (Lipinski definition) is 2. The minimum absolute atomic E-state index is 0.0301. The van der Waals surface area contributed by atoms with Crippen LogP contribution >= 0.6 is 11.8 Å². The summed E-state index contributed by atoms with van der Waals surface area (Å²) in [5, 5.41) is 0.692. The Bertz CT molecular complexity index is 1270. The van der Waals surface area contributed by atoms with Crippen molar-refractivity contribution in [2.75, 3.05) is 12.3 Å². The molecule has 6 nitrogen and oxygen atoms in total. The number of fused-ring (bicyclic) bond motifs is 1.